The first-order chi connectivity index (χ1) is 9.36. The zero-order chi connectivity index (χ0) is 15.3. The number of carbonyl (C=O) groups is 2. The number of benzene rings is 1. The van der Waals surface area contributed by atoms with Gasteiger partial charge in [0.25, 0.3) is 5.91 Å². The molecule has 0 aliphatic rings. The predicted molar refractivity (Wildman–Crippen MR) is 78.8 cm³/mol. The number of rotatable bonds is 4. The molecule has 0 spiro atoms. The normalized spacial score (nSPS) is 9.90. The Labute approximate surface area is 121 Å². The van der Waals surface area contributed by atoms with Crippen LogP contribution in [-0.4, -0.2) is 24.4 Å². The highest BCUT2D eigenvalue weighted by molar-refractivity contribution is 6.34. The maximum Gasteiger partial charge on any atom is 0.319 e. The molecular weight excluding hydrogens is 282 g/mol. The third-order valence-corrected chi connectivity index (χ3v) is 2.75. The molecule has 6 N–H and O–H groups in total. The number of amides is 3. The average Bonchev–Trinajstić information content (AvgIpc) is 2.35. The van der Waals surface area contributed by atoms with Gasteiger partial charge in [-0.15, -0.1) is 0 Å². The van der Waals surface area contributed by atoms with Crippen molar-refractivity contribution in [3.63, 3.8) is 0 Å². The van der Waals surface area contributed by atoms with E-state index in [0.717, 1.165) is 0 Å². The summed E-state index contributed by atoms with van der Waals surface area (Å²) in [4.78, 5) is 27.9. The molecule has 20 heavy (non-hydrogen) atoms. The van der Waals surface area contributed by atoms with Gasteiger partial charge in [0.1, 0.15) is 0 Å². The number of aliphatic imine (C=N–C) groups is 1. The van der Waals surface area contributed by atoms with E-state index in [1.165, 1.54) is 23.1 Å². The van der Waals surface area contributed by atoms with Crippen molar-refractivity contribution in [1.29, 1.82) is 0 Å². The van der Waals surface area contributed by atoms with Gasteiger partial charge in [-0.25, -0.2) is 4.79 Å². The fourth-order valence-electron chi connectivity index (χ4n) is 1.61. The summed E-state index contributed by atoms with van der Waals surface area (Å²) in [6.45, 7) is 2.27. The van der Waals surface area contributed by atoms with E-state index in [1.807, 2.05) is 6.92 Å². The van der Waals surface area contributed by atoms with Gasteiger partial charge in [0.2, 0.25) is 0 Å². The quantitative estimate of drug-likeness (QED) is 0.566. The first-order valence-corrected chi connectivity index (χ1v) is 6.25. The molecule has 1 rings (SSSR count). The largest absolute Gasteiger partial charge is 0.370 e. The average molecular weight is 298 g/mol. The maximum atomic E-state index is 11.7. The Balaban J connectivity index is 3.23. The third-order valence-electron chi connectivity index (χ3n) is 2.43. The van der Waals surface area contributed by atoms with Gasteiger partial charge in [0.05, 0.1) is 10.7 Å². The highest BCUT2D eigenvalue weighted by Crippen LogP contribution is 2.27. The van der Waals surface area contributed by atoms with E-state index in [-0.39, 0.29) is 11.5 Å². The van der Waals surface area contributed by atoms with Crippen LogP contribution in [0.25, 0.3) is 0 Å². The minimum absolute atomic E-state index is 0.208. The summed E-state index contributed by atoms with van der Waals surface area (Å²) in [6.07, 6.45) is 0.686. The molecule has 0 bridgehead atoms. The van der Waals surface area contributed by atoms with E-state index in [1.54, 1.807) is 0 Å². The topological polar surface area (TPSA) is 128 Å². The first-order valence-electron chi connectivity index (χ1n) is 5.87. The third kappa shape index (κ3) is 3.86. The lowest BCUT2D eigenvalue weighted by Gasteiger charge is -2.21. The smallest absolute Gasteiger partial charge is 0.319 e. The number of urea groups is 1. The SMILES string of the molecule is CCCN(C(N)=O)c1cc(C(=O)N=C(N)N)ccc1Cl. The summed E-state index contributed by atoms with van der Waals surface area (Å²) in [5.74, 6) is -0.962. The van der Waals surface area contributed by atoms with Crippen molar-refractivity contribution in [2.75, 3.05) is 11.4 Å². The Hall–Kier alpha value is -2.28. The summed E-state index contributed by atoms with van der Waals surface area (Å²) < 4.78 is 0. The highest BCUT2D eigenvalue weighted by atomic mass is 35.5. The van der Waals surface area contributed by atoms with Crippen LogP contribution in [0.1, 0.15) is 23.7 Å². The zero-order valence-electron chi connectivity index (χ0n) is 11.0. The monoisotopic (exact) mass is 297 g/mol. The minimum Gasteiger partial charge on any atom is -0.370 e. The van der Waals surface area contributed by atoms with Gasteiger partial charge in [-0.2, -0.15) is 4.99 Å². The molecule has 0 aliphatic heterocycles. The lowest BCUT2D eigenvalue weighted by atomic mass is 10.1. The molecule has 0 fully saturated rings. The Morgan fingerprint density at radius 2 is 1.95 bits per heavy atom. The van der Waals surface area contributed by atoms with Crippen LogP contribution >= 0.6 is 11.6 Å². The molecule has 0 saturated heterocycles. The standard InChI is InChI=1S/C12H16ClN5O2/c1-2-5-18(12(16)20)9-6-7(3-4-8(9)13)10(19)17-11(14)15/h3-4,6H,2,5H2,1H3,(H2,16,20)(H4,14,15,17,19). The summed E-state index contributed by atoms with van der Waals surface area (Å²) in [5.41, 5.74) is 16.2. The second-order valence-electron chi connectivity index (χ2n) is 4.00. The number of anilines is 1. The van der Waals surface area contributed by atoms with Crippen LogP contribution in [0.4, 0.5) is 10.5 Å². The summed E-state index contributed by atoms with van der Waals surface area (Å²) in [5, 5.41) is 0.304. The number of hydrogen-bond acceptors (Lipinski definition) is 2. The van der Waals surface area contributed by atoms with Crippen molar-refractivity contribution in [1.82, 2.24) is 0 Å². The molecule has 108 valence electrons. The molecule has 0 heterocycles. The Morgan fingerprint density at radius 1 is 1.30 bits per heavy atom. The van der Waals surface area contributed by atoms with Crippen molar-refractivity contribution < 1.29 is 9.59 Å². The van der Waals surface area contributed by atoms with Crippen LogP contribution in [0.5, 0.6) is 0 Å². The maximum absolute atomic E-state index is 11.7. The van der Waals surface area contributed by atoms with E-state index in [4.69, 9.17) is 28.8 Å². The number of carbonyl (C=O) groups excluding carboxylic acids is 2. The predicted octanol–water partition coefficient (Wildman–Crippen LogP) is 1.05. The van der Waals surface area contributed by atoms with Crippen molar-refractivity contribution in [2.24, 2.45) is 22.2 Å². The Bertz CT molecular complexity index is 555. The second kappa shape index (κ2) is 6.76. The number of guanidine groups is 1. The highest BCUT2D eigenvalue weighted by Gasteiger charge is 2.17. The molecular formula is C12H16ClN5O2. The van der Waals surface area contributed by atoms with Crippen LogP contribution in [0.3, 0.4) is 0 Å². The number of halogens is 1. The van der Waals surface area contributed by atoms with E-state index in [9.17, 15) is 9.59 Å². The molecule has 0 saturated carbocycles. The van der Waals surface area contributed by atoms with E-state index in [0.29, 0.717) is 23.7 Å². The number of nitrogens with two attached hydrogens (primary N) is 3. The lowest BCUT2D eigenvalue weighted by molar-refractivity contribution is 0.100. The van der Waals surface area contributed by atoms with Crippen LogP contribution in [-0.2, 0) is 0 Å². The van der Waals surface area contributed by atoms with Crippen molar-refractivity contribution in [3.8, 4) is 0 Å². The van der Waals surface area contributed by atoms with Gasteiger partial charge in [-0.3, -0.25) is 9.69 Å². The molecule has 0 aromatic heterocycles. The minimum atomic E-state index is -0.653. The number of nitrogens with zero attached hydrogens (tertiary/aromatic N) is 2. The molecule has 8 heteroatoms. The number of primary amides is 1. The fourth-order valence-corrected chi connectivity index (χ4v) is 1.83. The first kappa shape index (κ1) is 15.8. The van der Waals surface area contributed by atoms with Gasteiger partial charge < -0.3 is 17.2 Å². The summed E-state index contributed by atoms with van der Waals surface area (Å²) in [6, 6.07) is 3.72. The van der Waals surface area contributed by atoms with Crippen LogP contribution in [0, 0.1) is 0 Å². The van der Waals surface area contributed by atoms with Crippen molar-refractivity contribution in [2.45, 2.75) is 13.3 Å². The molecule has 3 amide bonds. The van der Waals surface area contributed by atoms with Crippen LogP contribution in [0.15, 0.2) is 23.2 Å². The van der Waals surface area contributed by atoms with E-state index in [2.05, 4.69) is 4.99 Å². The van der Waals surface area contributed by atoms with Crippen LogP contribution < -0.4 is 22.1 Å². The van der Waals surface area contributed by atoms with Crippen molar-refractivity contribution in [3.05, 3.63) is 28.8 Å². The molecule has 0 unspecified atom stereocenters. The van der Waals surface area contributed by atoms with E-state index >= 15 is 0 Å². The van der Waals surface area contributed by atoms with Gasteiger partial charge in [-0.1, -0.05) is 18.5 Å². The second-order valence-corrected chi connectivity index (χ2v) is 4.41. The zero-order valence-corrected chi connectivity index (χ0v) is 11.7. The number of hydrogen-bond donors (Lipinski definition) is 3. The van der Waals surface area contributed by atoms with Gasteiger partial charge in [0.15, 0.2) is 5.96 Å². The molecule has 0 aliphatic carbocycles. The molecule has 1 aromatic carbocycles. The molecule has 7 nitrogen and oxygen atoms in total. The molecule has 0 atom stereocenters. The van der Waals surface area contributed by atoms with Crippen molar-refractivity contribution >= 4 is 35.2 Å². The molecule has 0 radical (unpaired) electrons. The van der Waals surface area contributed by atoms with E-state index < -0.39 is 11.9 Å². The van der Waals surface area contributed by atoms with Gasteiger partial charge in [-0.05, 0) is 24.6 Å². The summed E-state index contributed by atoms with van der Waals surface area (Å²) >= 11 is 6.04. The fraction of sp³-hybridized carbons (Fsp3) is 0.250. The lowest BCUT2D eigenvalue weighted by Crippen LogP contribution is -2.36. The Morgan fingerprint density at radius 3 is 2.45 bits per heavy atom. The van der Waals surface area contributed by atoms with Gasteiger partial charge >= 0.3 is 6.03 Å². The Kier molecular flexibility index (Phi) is 5.33. The summed E-state index contributed by atoms with van der Waals surface area (Å²) in [7, 11) is 0. The van der Waals surface area contributed by atoms with Crippen LogP contribution in [0.2, 0.25) is 5.02 Å². The molecule has 1 aromatic rings. The van der Waals surface area contributed by atoms with Gasteiger partial charge in [0, 0.05) is 12.1 Å².